The molecule has 1 aromatic rings. The van der Waals surface area contributed by atoms with Gasteiger partial charge in [0.25, 0.3) is 0 Å². The van der Waals surface area contributed by atoms with E-state index in [1.54, 1.807) is 24.3 Å². The van der Waals surface area contributed by atoms with Crippen molar-refractivity contribution in [3.8, 4) is 5.75 Å². The summed E-state index contributed by atoms with van der Waals surface area (Å²) in [5, 5.41) is 8.43. The lowest BCUT2D eigenvalue weighted by molar-refractivity contribution is -0.137. The molecule has 0 aliphatic carbocycles. The zero-order chi connectivity index (χ0) is 15.0. The van der Waals surface area contributed by atoms with Crippen LogP contribution in [0.5, 0.6) is 5.75 Å². The van der Waals surface area contributed by atoms with Crippen LogP contribution >= 0.6 is 0 Å². The number of carbonyl (C=O) groups is 1. The van der Waals surface area contributed by atoms with Gasteiger partial charge in [-0.2, -0.15) is 0 Å². The van der Waals surface area contributed by atoms with Crippen LogP contribution in [0.4, 0.5) is 5.69 Å². The number of carboxylic acids is 1. The van der Waals surface area contributed by atoms with Crippen LogP contribution in [0.1, 0.15) is 12.8 Å². The van der Waals surface area contributed by atoms with Gasteiger partial charge in [-0.15, -0.1) is 0 Å². The number of nitrogens with two attached hydrogens (primary N) is 1. The van der Waals surface area contributed by atoms with Gasteiger partial charge in [-0.05, 0) is 18.6 Å². The number of hydrogen-bond acceptors (Lipinski definition) is 5. The molecule has 0 aliphatic heterocycles. The van der Waals surface area contributed by atoms with Crippen molar-refractivity contribution in [3.63, 3.8) is 0 Å². The summed E-state index contributed by atoms with van der Waals surface area (Å²) < 4.78 is 30.7. The first-order chi connectivity index (χ1) is 9.39. The van der Waals surface area contributed by atoms with Gasteiger partial charge in [0, 0.05) is 24.7 Å². The van der Waals surface area contributed by atoms with E-state index in [4.69, 9.17) is 15.6 Å². The largest absolute Gasteiger partial charge is 0.492 e. The molecule has 0 aromatic heterocycles. The molecule has 0 saturated carbocycles. The first-order valence-corrected chi connectivity index (χ1v) is 7.72. The normalized spacial score (nSPS) is 11.2. The summed E-state index contributed by atoms with van der Waals surface area (Å²) in [6.07, 6.45) is -0.0819. The van der Waals surface area contributed by atoms with Gasteiger partial charge in [0.2, 0.25) is 10.0 Å². The topological polar surface area (TPSA) is 119 Å². The monoisotopic (exact) mass is 302 g/mol. The van der Waals surface area contributed by atoms with Crippen LogP contribution in [0.2, 0.25) is 0 Å². The number of ether oxygens (including phenoxy) is 1. The van der Waals surface area contributed by atoms with Gasteiger partial charge in [-0.25, -0.2) is 13.1 Å². The molecule has 0 saturated heterocycles. The molecule has 20 heavy (non-hydrogen) atoms. The van der Waals surface area contributed by atoms with E-state index in [0.717, 1.165) is 0 Å². The number of nitrogens with one attached hydrogen (secondary N) is 1. The van der Waals surface area contributed by atoms with Crippen molar-refractivity contribution in [1.29, 1.82) is 0 Å². The predicted molar refractivity (Wildman–Crippen MR) is 75.0 cm³/mol. The molecule has 0 heterocycles. The highest BCUT2D eigenvalue weighted by molar-refractivity contribution is 7.89. The Hall–Kier alpha value is -1.80. The molecule has 0 aliphatic rings. The zero-order valence-corrected chi connectivity index (χ0v) is 11.7. The van der Waals surface area contributed by atoms with Gasteiger partial charge in [0.15, 0.2) is 0 Å². The Morgan fingerprint density at radius 2 is 2.15 bits per heavy atom. The van der Waals surface area contributed by atoms with Crippen LogP contribution in [-0.2, 0) is 14.8 Å². The van der Waals surface area contributed by atoms with E-state index < -0.39 is 16.0 Å². The number of sulfonamides is 1. The lowest BCUT2D eigenvalue weighted by atomic mass is 10.3. The summed E-state index contributed by atoms with van der Waals surface area (Å²) in [5.41, 5.74) is 6.14. The van der Waals surface area contributed by atoms with Crippen LogP contribution in [0.15, 0.2) is 24.3 Å². The molecule has 4 N–H and O–H groups in total. The van der Waals surface area contributed by atoms with Gasteiger partial charge < -0.3 is 15.6 Å². The molecule has 0 radical (unpaired) electrons. The van der Waals surface area contributed by atoms with Crippen LogP contribution in [0, 0.1) is 0 Å². The van der Waals surface area contributed by atoms with Gasteiger partial charge in [-0.1, -0.05) is 6.07 Å². The van der Waals surface area contributed by atoms with Crippen molar-refractivity contribution < 1.29 is 23.1 Å². The zero-order valence-electron chi connectivity index (χ0n) is 10.9. The highest BCUT2D eigenvalue weighted by Gasteiger charge is 2.10. The molecule has 1 rings (SSSR count). The van der Waals surface area contributed by atoms with Crippen molar-refractivity contribution in [2.24, 2.45) is 0 Å². The van der Waals surface area contributed by atoms with Gasteiger partial charge >= 0.3 is 5.97 Å². The Morgan fingerprint density at radius 3 is 2.80 bits per heavy atom. The second-order valence-electron chi connectivity index (χ2n) is 4.13. The molecule has 0 spiro atoms. The van der Waals surface area contributed by atoms with E-state index in [2.05, 4.69) is 4.72 Å². The molecule has 112 valence electrons. The number of benzene rings is 1. The Kier molecular flexibility index (Phi) is 6.26. The molecule has 7 nitrogen and oxygen atoms in total. The van der Waals surface area contributed by atoms with Gasteiger partial charge in [-0.3, -0.25) is 4.79 Å². The standard InChI is InChI=1S/C12H18N2O5S/c13-10-3-1-4-11(9-10)19-7-6-14-20(17,18)8-2-5-12(15)16/h1,3-4,9,14H,2,5-8,13H2,(H,15,16). The first kappa shape index (κ1) is 16.3. The Bertz CT molecular complexity index is 545. The SMILES string of the molecule is Nc1cccc(OCCNS(=O)(=O)CCCC(=O)O)c1. The molecule has 0 bridgehead atoms. The fraction of sp³-hybridized carbons (Fsp3) is 0.417. The predicted octanol–water partition coefficient (Wildman–Crippen LogP) is 0.432. The highest BCUT2D eigenvalue weighted by atomic mass is 32.2. The smallest absolute Gasteiger partial charge is 0.303 e. The van der Waals surface area contributed by atoms with Crippen molar-refractivity contribution in [3.05, 3.63) is 24.3 Å². The van der Waals surface area contributed by atoms with Crippen LogP contribution in [-0.4, -0.2) is 38.4 Å². The van der Waals surface area contributed by atoms with Gasteiger partial charge in [0.1, 0.15) is 12.4 Å². The number of aliphatic carboxylic acids is 1. The summed E-state index contributed by atoms with van der Waals surface area (Å²) in [6, 6.07) is 6.82. The number of rotatable bonds is 9. The summed E-state index contributed by atoms with van der Waals surface area (Å²) in [7, 11) is -3.46. The summed E-state index contributed by atoms with van der Waals surface area (Å²) in [4.78, 5) is 10.3. The summed E-state index contributed by atoms with van der Waals surface area (Å²) in [5.74, 6) is -0.655. The fourth-order valence-electron chi connectivity index (χ4n) is 1.46. The fourth-order valence-corrected chi connectivity index (χ4v) is 2.52. The number of nitrogen functional groups attached to an aromatic ring is 1. The van der Waals surface area contributed by atoms with Crippen molar-refractivity contribution >= 4 is 21.7 Å². The Morgan fingerprint density at radius 1 is 1.40 bits per heavy atom. The average Bonchev–Trinajstić information content (AvgIpc) is 2.34. The van der Waals surface area contributed by atoms with Crippen molar-refractivity contribution in [2.75, 3.05) is 24.6 Å². The van der Waals surface area contributed by atoms with Crippen LogP contribution < -0.4 is 15.2 Å². The molecule has 0 atom stereocenters. The molecule has 0 unspecified atom stereocenters. The minimum atomic E-state index is -3.46. The summed E-state index contributed by atoms with van der Waals surface area (Å²) >= 11 is 0. The van der Waals surface area contributed by atoms with E-state index in [1.807, 2.05) is 0 Å². The molecule has 0 fully saturated rings. The van der Waals surface area contributed by atoms with E-state index in [0.29, 0.717) is 11.4 Å². The van der Waals surface area contributed by atoms with E-state index >= 15 is 0 Å². The third kappa shape index (κ3) is 6.95. The quantitative estimate of drug-likeness (QED) is 0.449. The average molecular weight is 302 g/mol. The Labute approximate surface area is 117 Å². The van der Waals surface area contributed by atoms with Crippen LogP contribution in [0.25, 0.3) is 0 Å². The molecular formula is C12H18N2O5S. The molecule has 8 heteroatoms. The van der Waals surface area contributed by atoms with Crippen molar-refractivity contribution in [2.45, 2.75) is 12.8 Å². The van der Waals surface area contributed by atoms with E-state index in [-0.39, 0.29) is 31.7 Å². The maximum Gasteiger partial charge on any atom is 0.303 e. The minimum Gasteiger partial charge on any atom is -0.492 e. The molecule has 1 aromatic carbocycles. The second-order valence-corrected chi connectivity index (χ2v) is 6.06. The number of hydrogen-bond donors (Lipinski definition) is 3. The van der Waals surface area contributed by atoms with E-state index in [9.17, 15) is 13.2 Å². The molecular weight excluding hydrogens is 284 g/mol. The third-order valence-corrected chi connectivity index (χ3v) is 3.82. The van der Waals surface area contributed by atoms with Crippen molar-refractivity contribution in [1.82, 2.24) is 4.72 Å². The minimum absolute atomic E-state index is 0.0841. The number of anilines is 1. The third-order valence-electron chi connectivity index (χ3n) is 2.35. The van der Waals surface area contributed by atoms with Crippen LogP contribution in [0.3, 0.4) is 0 Å². The lowest BCUT2D eigenvalue weighted by Gasteiger charge is -2.08. The number of carboxylic acid groups (broad SMARTS) is 1. The second kappa shape index (κ2) is 7.71. The van der Waals surface area contributed by atoms with E-state index in [1.165, 1.54) is 0 Å². The maximum absolute atomic E-state index is 11.5. The highest BCUT2D eigenvalue weighted by Crippen LogP contribution is 2.13. The van der Waals surface area contributed by atoms with Gasteiger partial charge in [0.05, 0.1) is 5.75 Å². The summed E-state index contributed by atoms with van der Waals surface area (Å²) in [6.45, 7) is 0.284. The maximum atomic E-state index is 11.5. The molecule has 0 amide bonds. The lowest BCUT2D eigenvalue weighted by Crippen LogP contribution is -2.30. The first-order valence-electron chi connectivity index (χ1n) is 6.06. The Balaban J connectivity index is 2.24.